The molecule has 0 amide bonds. The summed E-state index contributed by atoms with van der Waals surface area (Å²) < 4.78 is 0. The van der Waals surface area contributed by atoms with Crippen LogP contribution in [0, 0.1) is 5.92 Å². The fourth-order valence-corrected chi connectivity index (χ4v) is 2.19. The molecule has 16 heavy (non-hydrogen) atoms. The summed E-state index contributed by atoms with van der Waals surface area (Å²) in [6, 6.07) is 10.4. The van der Waals surface area contributed by atoms with Crippen molar-refractivity contribution >= 4 is 10.9 Å². The number of rotatable bonds is 3. The quantitative estimate of drug-likeness (QED) is 0.853. The molecule has 0 bridgehead atoms. The van der Waals surface area contributed by atoms with Gasteiger partial charge in [0.15, 0.2) is 0 Å². The van der Waals surface area contributed by atoms with E-state index in [-0.39, 0.29) is 0 Å². The Kier molecular flexibility index (Phi) is 3.20. The maximum Gasteiger partial charge on any atom is 0.0737 e. The standard InChI is InChI=1S/C14H18N2/c1-10(2)13(9-15)12-7-3-5-11-6-4-8-16-14(11)12/h3-8,10,13H,9,15H2,1-2H3. The molecule has 2 N–H and O–H groups in total. The first-order valence-electron chi connectivity index (χ1n) is 5.77. The van der Waals surface area contributed by atoms with Crippen molar-refractivity contribution in [1.82, 2.24) is 4.98 Å². The van der Waals surface area contributed by atoms with Crippen LogP contribution in [-0.2, 0) is 0 Å². The number of aromatic nitrogens is 1. The number of hydrogen-bond acceptors (Lipinski definition) is 2. The van der Waals surface area contributed by atoms with Crippen LogP contribution in [-0.4, -0.2) is 11.5 Å². The summed E-state index contributed by atoms with van der Waals surface area (Å²) in [5.74, 6) is 0.927. The Morgan fingerprint density at radius 3 is 2.62 bits per heavy atom. The van der Waals surface area contributed by atoms with E-state index in [1.54, 1.807) is 0 Å². The zero-order valence-corrected chi connectivity index (χ0v) is 9.85. The number of hydrogen-bond donors (Lipinski definition) is 1. The highest BCUT2D eigenvalue weighted by Crippen LogP contribution is 2.28. The van der Waals surface area contributed by atoms with Crippen LogP contribution in [0.25, 0.3) is 10.9 Å². The van der Waals surface area contributed by atoms with Crippen molar-refractivity contribution < 1.29 is 0 Å². The fourth-order valence-electron chi connectivity index (χ4n) is 2.19. The van der Waals surface area contributed by atoms with Gasteiger partial charge in [0.2, 0.25) is 0 Å². The Bertz CT molecular complexity index is 472. The van der Waals surface area contributed by atoms with Gasteiger partial charge in [-0.05, 0) is 24.1 Å². The van der Waals surface area contributed by atoms with Crippen LogP contribution in [0.5, 0.6) is 0 Å². The molecule has 0 aliphatic rings. The normalized spacial score (nSPS) is 13.2. The molecule has 0 radical (unpaired) electrons. The highest BCUT2D eigenvalue weighted by Gasteiger charge is 2.16. The van der Waals surface area contributed by atoms with Gasteiger partial charge in [-0.25, -0.2) is 0 Å². The Hall–Kier alpha value is -1.41. The smallest absolute Gasteiger partial charge is 0.0737 e. The van der Waals surface area contributed by atoms with Crippen molar-refractivity contribution in [2.45, 2.75) is 19.8 Å². The molecule has 0 spiro atoms. The van der Waals surface area contributed by atoms with Crippen LogP contribution in [0.15, 0.2) is 36.5 Å². The van der Waals surface area contributed by atoms with Gasteiger partial charge in [-0.1, -0.05) is 38.1 Å². The Balaban J connectivity index is 2.59. The average molecular weight is 214 g/mol. The second-order valence-electron chi connectivity index (χ2n) is 4.51. The highest BCUT2D eigenvalue weighted by molar-refractivity contribution is 5.82. The Labute approximate surface area is 96.5 Å². The molecule has 84 valence electrons. The van der Waals surface area contributed by atoms with Gasteiger partial charge in [0.05, 0.1) is 5.52 Å². The lowest BCUT2D eigenvalue weighted by Gasteiger charge is -2.20. The Morgan fingerprint density at radius 2 is 1.94 bits per heavy atom. The van der Waals surface area contributed by atoms with Crippen molar-refractivity contribution in [2.75, 3.05) is 6.54 Å². The number of nitrogens with two attached hydrogens (primary N) is 1. The fraction of sp³-hybridized carbons (Fsp3) is 0.357. The van der Waals surface area contributed by atoms with Gasteiger partial charge in [0.1, 0.15) is 0 Å². The summed E-state index contributed by atoms with van der Waals surface area (Å²) >= 11 is 0. The maximum atomic E-state index is 5.87. The molecular weight excluding hydrogens is 196 g/mol. The van der Waals surface area contributed by atoms with E-state index < -0.39 is 0 Å². The Morgan fingerprint density at radius 1 is 1.19 bits per heavy atom. The summed E-state index contributed by atoms with van der Waals surface area (Å²) in [5, 5.41) is 1.19. The van der Waals surface area contributed by atoms with Crippen LogP contribution in [0.2, 0.25) is 0 Å². The number of benzene rings is 1. The lowest BCUT2D eigenvalue weighted by Crippen LogP contribution is -2.18. The van der Waals surface area contributed by atoms with Crippen molar-refractivity contribution in [3.8, 4) is 0 Å². The van der Waals surface area contributed by atoms with Crippen LogP contribution in [0.3, 0.4) is 0 Å². The van der Waals surface area contributed by atoms with Gasteiger partial charge in [-0.15, -0.1) is 0 Å². The van der Waals surface area contributed by atoms with E-state index in [1.165, 1.54) is 10.9 Å². The average Bonchev–Trinajstić information content (AvgIpc) is 2.30. The zero-order valence-electron chi connectivity index (χ0n) is 9.85. The minimum atomic E-state index is 0.388. The zero-order chi connectivity index (χ0) is 11.5. The topological polar surface area (TPSA) is 38.9 Å². The van der Waals surface area contributed by atoms with Gasteiger partial charge < -0.3 is 5.73 Å². The van der Waals surface area contributed by atoms with E-state index in [2.05, 4.69) is 43.1 Å². The molecule has 0 saturated heterocycles. The predicted octanol–water partition coefficient (Wildman–Crippen LogP) is 2.93. The van der Waals surface area contributed by atoms with Crippen molar-refractivity contribution in [1.29, 1.82) is 0 Å². The van der Waals surface area contributed by atoms with E-state index in [4.69, 9.17) is 5.73 Å². The molecule has 2 rings (SSSR count). The van der Waals surface area contributed by atoms with E-state index in [0.29, 0.717) is 18.4 Å². The minimum absolute atomic E-state index is 0.388. The number of nitrogens with zero attached hydrogens (tertiary/aromatic N) is 1. The molecule has 1 aromatic heterocycles. The predicted molar refractivity (Wildman–Crippen MR) is 68.4 cm³/mol. The van der Waals surface area contributed by atoms with Crippen molar-refractivity contribution in [2.24, 2.45) is 11.7 Å². The third-order valence-corrected chi connectivity index (χ3v) is 3.12. The van der Waals surface area contributed by atoms with Crippen LogP contribution < -0.4 is 5.73 Å². The number of para-hydroxylation sites is 1. The summed E-state index contributed by atoms with van der Waals surface area (Å²) in [4.78, 5) is 4.48. The molecule has 2 nitrogen and oxygen atoms in total. The monoisotopic (exact) mass is 214 g/mol. The summed E-state index contributed by atoms with van der Waals surface area (Å²) in [6.45, 7) is 5.09. The van der Waals surface area contributed by atoms with Crippen molar-refractivity contribution in [3.63, 3.8) is 0 Å². The third kappa shape index (κ3) is 1.93. The van der Waals surface area contributed by atoms with Crippen molar-refractivity contribution in [3.05, 3.63) is 42.1 Å². The van der Waals surface area contributed by atoms with Gasteiger partial charge in [0.25, 0.3) is 0 Å². The molecule has 1 heterocycles. The van der Waals surface area contributed by atoms with E-state index in [9.17, 15) is 0 Å². The summed E-state index contributed by atoms with van der Waals surface area (Å²) in [7, 11) is 0. The van der Waals surface area contributed by atoms with Crippen LogP contribution in [0.4, 0.5) is 0 Å². The highest BCUT2D eigenvalue weighted by atomic mass is 14.7. The summed E-state index contributed by atoms with van der Waals surface area (Å²) in [6.07, 6.45) is 1.85. The second-order valence-corrected chi connectivity index (χ2v) is 4.51. The largest absolute Gasteiger partial charge is 0.330 e. The molecule has 2 aromatic rings. The number of pyridine rings is 1. The van der Waals surface area contributed by atoms with E-state index >= 15 is 0 Å². The molecule has 0 aliphatic heterocycles. The molecule has 1 atom stereocenters. The molecule has 0 saturated carbocycles. The van der Waals surface area contributed by atoms with Crippen LogP contribution in [0.1, 0.15) is 25.3 Å². The SMILES string of the molecule is CC(C)C(CN)c1cccc2cccnc12. The third-order valence-electron chi connectivity index (χ3n) is 3.12. The van der Waals surface area contributed by atoms with E-state index in [0.717, 1.165) is 5.52 Å². The number of fused-ring (bicyclic) bond motifs is 1. The maximum absolute atomic E-state index is 5.87. The summed E-state index contributed by atoms with van der Waals surface area (Å²) in [5.41, 5.74) is 8.23. The lowest BCUT2D eigenvalue weighted by molar-refractivity contribution is 0.508. The molecule has 0 aliphatic carbocycles. The lowest BCUT2D eigenvalue weighted by atomic mass is 9.87. The minimum Gasteiger partial charge on any atom is -0.330 e. The molecular formula is C14H18N2. The molecule has 1 aromatic carbocycles. The van der Waals surface area contributed by atoms with Gasteiger partial charge >= 0.3 is 0 Å². The molecule has 2 heteroatoms. The molecule has 1 unspecified atom stereocenters. The first-order valence-corrected chi connectivity index (χ1v) is 5.77. The first-order chi connectivity index (χ1) is 7.74. The van der Waals surface area contributed by atoms with Crippen LogP contribution >= 0.6 is 0 Å². The molecule has 0 fully saturated rings. The van der Waals surface area contributed by atoms with E-state index in [1.807, 2.05) is 12.3 Å². The van der Waals surface area contributed by atoms with Gasteiger partial charge in [0, 0.05) is 17.5 Å². The van der Waals surface area contributed by atoms with Gasteiger partial charge in [-0.3, -0.25) is 4.98 Å². The first kappa shape index (κ1) is 11.1. The van der Waals surface area contributed by atoms with Gasteiger partial charge in [-0.2, -0.15) is 0 Å². The second kappa shape index (κ2) is 4.62.